The molecule has 16 nitrogen and oxygen atoms in total. The van der Waals surface area contributed by atoms with E-state index >= 15 is 13.2 Å². The normalized spacial score (nSPS) is 11.5. The monoisotopic (exact) mass is 1600 g/mol. The van der Waals surface area contributed by atoms with Crippen molar-refractivity contribution in [3.63, 3.8) is 0 Å². The Morgan fingerprint density at radius 3 is 0.766 bits per heavy atom. The molecule has 0 aliphatic heterocycles. The Balaban J connectivity index is 0.818. The molecule has 0 amide bonds. The summed E-state index contributed by atoms with van der Waals surface area (Å²) in [5, 5.41) is 25.5. The van der Waals surface area contributed by atoms with Crippen LogP contribution in [0.2, 0.25) is 0 Å². The van der Waals surface area contributed by atoms with E-state index in [1.54, 1.807) is 12.1 Å². The zero-order valence-electron chi connectivity index (χ0n) is 65.5. The molecule has 21 rings (SSSR count). The third kappa shape index (κ3) is 14.0. The lowest BCUT2D eigenvalue weighted by Crippen LogP contribution is -2.06. The first-order valence-electron chi connectivity index (χ1n) is 39.9. The highest BCUT2D eigenvalue weighted by atomic mass is 19.4. The Morgan fingerprint density at radius 1 is 0.218 bits per heavy atom. The van der Waals surface area contributed by atoms with Gasteiger partial charge in [-0.15, -0.1) is 0 Å². The van der Waals surface area contributed by atoms with Crippen LogP contribution in [-0.4, -0.2) is 68.9 Å². The van der Waals surface area contributed by atoms with Gasteiger partial charge in [0.15, 0.2) is 69.9 Å². The van der Waals surface area contributed by atoms with Gasteiger partial charge < -0.3 is 9.13 Å². The lowest BCUT2D eigenvalue weighted by atomic mass is 9.89. The van der Waals surface area contributed by atoms with Crippen molar-refractivity contribution in [1.29, 1.82) is 10.5 Å². The standard InChI is InChI=1S/C105H61F3N16/c106-105(107,108)78-46-48-80(77(56-78)63-110)81-49-47-79(123-88-51-42-73(101-115-93(65-25-9-1-10-26-65)111-94(116-101)66-27-11-2-12-28-66)57-84(88)85-58-74(43-52-89(85)123)102-117-95(67-29-13-3-14-30-67)112-96(118-102)68-31-15-4-16-32-68)61-82(81)83-55-64(62-109)41-50-90(83)124-91-53-44-75(103-119-97(69-33-17-5-18-34-69)113-98(120-103)70-35-19-6-20-36-70)59-86(91)87-60-76(45-54-92(87)124)104-121-99(71-37-21-7-22-38-71)114-100(122-104)72-39-23-8-24-40-72/h1-61H. The first-order chi connectivity index (χ1) is 60.9. The number of aromatic nitrogens is 14. The van der Waals surface area contributed by atoms with E-state index in [0.717, 1.165) is 89.2 Å². The van der Waals surface area contributed by atoms with Crippen LogP contribution in [0.25, 0.3) is 214 Å². The summed E-state index contributed by atoms with van der Waals surface area (Å²) in [6, 6.07) is 122. The molecule has 0 fully saturated rings. The van der Waals surface area contributed by atoms with E-state index in [1.165, 1.54) is 6.07 Å². The maximum absolute atomic E-state index is 15.0. The molecule has 0 N–H and O–H groups in total. The molecular weight excluding hydrogens is 1540 g/mol. The summed E-state index contributed by atoms with van der Waals surface area (Å²) in [5.74, 6) is 5.47. The van der Waals surface area contributed by atoms with Crippen molar-refractivity contribution in [1.82, 2.24) is 68.9 Å². The van der Waals surface area contributed by atoms with Crippen LogP contribution in [0.5, 0.6) is 0 Å². The Labute approximate surface area is 707 Å². The van der Waals surface area contributed by atoms with Gasteiger partial charge in [0, 0.05) is 105 Å². The topological polar surface area (TPSA) is 212 Å². The lowest BCUT2D eigenvalue weighted by molar-refractivity contribution is -0.137. The number of benzene rings is 15. The lowest BCUT2D eigenvalue weighted by Gasteiger charge is -2.20. The predicted octanol–water partition coefficient (Wildman–Crippen LogP) is 24.7. The van der Waals surface area contributed by atoms with Gasteiger partial charge in [-0.3, -0.25) is 0 Å². The van der Waals surface area contributed by atoms with Crippen LogP contribution in [0.3, 0.4) is 0 Å². The van der Waals surface area contributed by atoms with Gasteiger partial charge >= 0.3 is 6.18 Å². The second kappa shape index (κ2) is 31.2. The number of halogens is 3. The molecule has 0 bridgehead atoms. The molecule has 582 valence electrons. The summed E-state index contributed by atoms with van der Waals surface area (Å²) in [6.45, 7) is 0. The van der Waals surface area contributed by atoms with Crippen molar-refractivity contribution < 1.29 is 13.2 Å². The van der Waals surface area contributed by atoms with Gasteiger partial charge in [-0.2, -0.15) is 23.7 Å². The van der Waals surface area contributed by atoms with Gasteiger partial charge in [0.1, 0.15) is 0 Å². The van der Waals surface area contributed by atoms with Crippen LogP contribution in [0, 0.1) is 22.7 Å². The van der Waals surface area contributed by atoms with E-state index in [2.05, 4.69) is 45.5 Å². The third-order valence-corrected chi connectivity index (χ3v) is 22.0. The first-order valence-corrected chi connectivity index (χ1v) is 39.9. The first kappa shape index (κ1) is 74.3. The van der Waals surface area contributed by atoms with E-state index in [4.69, 9.17) is 59.8 Å². The summed E-state index contributed by atoms with van der Waals surface area (Å²) < 4.78 is 49.3. The Hall–Kier alpha value is -17.3. The van der Waals surface area contributed by atoms with E-state index in [-0.39, 0.29) is 16.7 Å². The Kier molecular flexibility index (Phi) is 18.7. The minimum atomic E-state index is -4.79. The van der Waals surface area contributed by atoms with Gasteiger partial charge in [-0.05, 0) is 126 Å². The van der Waals surface area contributed by atoms with E-state index in [0.29, 0.717) is 131 Å². The quantitative estimate of drug-likeness (QED) is 0.0881. The summed E-state index contributed by atoms with van der Waals surface area (Å²) >= 11 is 0. The molecule has 0 spiro atoms. The molecule has 19 heteroatoms. The van der Waals surface area contributed by atoms with Gasteiger partial charge in [-0.25, -0.2) is 59.8 Å². The number of hydrogen-bond acceptors (Lipinski definition) is 14. The SMILES string of the molecule is N#Cc1ccc(-n2c3ccc(-c4nc(-c5ccccc5)nc(-c5ccccc5)n4)cc3c3cc(-c4nc(-c5ccccc5)nc(-c5ccccc5)n4)ccc32)c(-c2cc(-n3c4ccc(-c5nc(-c6ccccc6)nc(-c6ccccc6)n5)cc4c4cc(-c5nc(-c6ccccc6)nc(-c6ccccc6)n5)ccc43)ccc2-c2ccc(C(F)(F)F)cc2C#N)c1. The van der Waals surface area contributed by atoms with Crippen molar-refractivity contribution in [3.8, 4) is 182 Å². The number of alkyl halides is 3. The second-order valence-corrected chi connectivity index (χ2v) is 29.7. The van der Waals surface area contributed by atoms with Crippen molar-refractivity contribution in [2.24, 2.45) is 0 Å². The van der Waals surface area contributed by atoms with Gasteiger partial charge in [-0.1, -0.05) is 255 Å². The fraction of sp³-hybridized carbons (Fsp3) is 0.00952. The maximum Gasteiger partial charge on any atom is 0.416 e. The largest absolute Gasteiger partial charge is 0.416 e. The number of hydrogen-bond donors (Lipinski definition) is 0. The second-order valence-electron chi connectivity index (χ2n) is 29.7. The molecule has 0 saturated heterocycles. The molecule has 6 heterocycles. The van der Waals surface area contributed by atoms with Crippen LogP contribution in [-0.2, 0) is 6.18 Å². The van der Waals surface area contributed by atoms with Crippen LogP contribution >= 0.6 is 0 Å². The molecule has 0 unspecified atom stereocenters. The number of nitriles is 2. The number of rotatable bonds is 16. The fourth-order valence-electron chi connectivity index (χ4n) is 16.1. The molecule has 0 aliphatic carbocycles. The van der Waals surface area contributed by atoms with Crippen LogP contribution < -0.4 is 0 Å². The molecule has 15 aromatic carbocycles. The average molecular weight is 1600 g/mol. The van der Waals surface area contributed by atoms with Crippen LogP contribution in [0.15, 0.2) is 370 Å². The minimum absolute atomic E-state index is 0.215. The van der Waals surface area contributed by atoms with Crippen molar-refractivity contribution in [2.75, 3.05) is 0 Å². The number of nitrogens with zero attached hydrogens (tertiary/aromatic N) is 16. The van der Waals surface area contributed by atoms with Crippen LogP contribution in [0.4, 0.5) is 13.2 Å². The van der Waals surface area contributed by atoms with E-state index < -0.39 is 11.7 Å². The molecule has 0 atom stereocenters. The molecule has 0 saturated carbocycles. The molecule has 0 aliphatic rings. The summed E-state index contributed by atoms with van der Waals surface area (Å²) in [4.78, 5) is 61.8. The zero-order chi connectivity index (χ0) is 83.4. The van der Waals surface area contributed by atoms with E-state index in [9.17, 15) is 10.5 Å². The molecular formula is C105H61F3N16. The predicted molar refractivity (Wildman–Crippen MR) is 479 cm³/mol. The zero-order valence-corrected chi connectivity index (χ0v) is 65.5. The smallest absolute Gasteiger partial charge is 0.309 e. The maximum atomic E-state index is 15.0. The minimum Gasteiger partial charge on any atom is -0.309 e. The number of fused-ring (bicyclic) bond motifs is 6. The Bertz CT molecular complexity index is 7240. The van der Waals surface area contributed by atoms with E-state index in [1.807, 2.05) is 315 Å². The van der Waals surface area contributed by atoms with Gasteiger partial charge in [0.05, 0.1) is 56.6 Å². The Morgan fingerprint density at radius 2 is 0.492 bits per heavy atom. The van der Waals surface area contributed by atoms with Gasteiger partial charge in [0.25, 0.3) is 0 Å². The highest BCUT2D eigenvalue weighted by Gasteiger charge is 2.33. The van der Waals surface area contributed by atoms with Crippen LogP contribution in [0.1, 0.15) is 16.7 Å². The highest BCUT2D eigenvalue weighted by Crippen LogP contribution is 2.47. The molecule has 0 radical (unpaired) electrons. The molecule has 6 aromatic heterocycles. The van der Waals surface area contributed by atoms with Crippen molar-refractivity contribution in [2.45, 2.75) is 6.18 Å². The summed E-state index contributed by atoms with van der Waals surface area (Å²) in [7, 11) is 0. The van der Waals surface area contributed by atoms with Crippen molar-refractivity contribution in [3.05, 3.63) is 387 Å². The summed E-state index contributed by atoms with van der Waals surface area (Å²) in [5.41, 5.74) is 13.8. The fourth-order valence-corrected chi connectivity index (χ4v) is 16.1. The summed E-state index contributed by atoms with van der Waals surface area (Å²) in [6.07, 6.45) is -4.79. The molecule has 21 aromatic rings. The van der Waals surface area contributed by atoms with Crippen molar-refractivity contribution >= 4 is 43.6 Å². The third-order valence-electron chi connectivity index (χ3n) is 22.0. The molecule has 124 heavy (non-hydrogen) atoms. The van der Waals surface area contributed by atoms with Gasteiger partial charge in [0.2, 0.25) is 0 Å². The highest BCUT2D eigenvalue weighted by molar-refractivity contribution is 6.14. The average Bonchev–Trinajstić information content (AvgIpc) is 1.61.